The first-order valence-electron chi connectivity index (χ1n) is 9.05. The Labute approximate surface area is 173 Å². The average molecular weight is 475 g/mol. The van der Waals surface area contributed by atoms with Gasteiger partial charge in [0.2, 0.25) is 0 Å². The molecule has 3 heterocycles. The predicted octanol–water partition coefficient (Wildman–Crippen LogP) is 1.77. The summed E-state index contributed by atoms with van der Waals surface area (Å²) in [5.41, 5.74) is 1.07. The second-order valence-corrected chi connectivity index (χ2v) is 6.77. The quantitative estimate of drug-likeness (QED) is 0.385. The Kier molecular flexibility index (Phi) is 8.36. The molecule has 0 aromatic carbocycles. The molecule has 26 heavy (non-hydrogen) atoms. The van der Waals surface area contributed by atoms with Gasteiger partial charge in [-0.2, -0.15) is 0 Å². The first-order chi connectivity index (χ1) is 12.2. The first-order valence-corrected chi connectivity index (χ1v) is 9.05. The molecule has 146 valence electrons. The Morgan fingerprint density at radius 1 is 1.31 bits per heavy atom. The Balaban J connectivity index is 0.00000243. The van der Waals surface area contributed by atoms with Crippen molar-refractivity contribution in [2.75, 3.05) is 51.4 Å². The number of hydrogen-bond donors (Lipinski definition) is 2. The Morgan fingerprint density at radius 2 is 2.12 bits per heavy atom. The molecule has 7 nitrogen and oxygen atoms in total. The molecular formula is C18H30IN5O2. The SMILES string of the molecule is CN=C(NCc1cccnc1N1CCOCC1)NCC1(C)CCCO1.I. The van der Waals surface area contributed by atoms with E-state index in [2.05, 4.69) is 38.5 Å². The number of nitrogens with one attached hydrogen (secondary N) is 2. The third-order valence-electron chi connectivity index (χ3n) is 4.78. The smallest absolute Gasteiger partial charge is 0.191 e. The van der Waals surface area contributed by atoms with Crippen molar-refractivity contribution in [1.29, 1.82) is 0 Å². The Morgan fingerprint density at radius 3 is 2.81 bits per heavy atom. The molecule has 1 aromatic heterocycles. The fraction of sp³-hybridized carbons (Fsp3) is 0.667. The van der Waals surface area contributed by atoms with E-state index in [4.69, 9.17) is 9.47 Å². The molecule has 3 rings (SSSR count). The Hall–Kier alpha value is -1.13. The van der Waals surface area contributed by atoms with E-state index in [1.165, 1.54) is 0 Å². The number of anilines is 1. The summed E-state index contributed by atoms with van der Waals surface area (Å²) in [4.78, 5) is 11.2. The molecule has 2 aliphatic rings. The van der Waals surface area contributed by atoms with Crippen LogP contribution in [0.25, 0.3) is 0 Å². The van der Waals surface area contributed by atoms with Gasteiger partial charge >= 0.3 is 0 Å². The molecule has 0 spiro atoms. The summed E-state index contributed by atoms with van der Waals surface area (Å²) in [6, 6.07) is 4.09. The van der Waals surface area contributed by atoms with Crippen LogP contribution < -0.4 is 15.5 Å². The van der Waals surface area contributed by atoms with Crippen LogP contribution in [0.15, 0.2) is 23.3 Å². The topological polar surface area (TPSA) is 71.0 Å². The largest absolute Gasteiger partial charge is 0.378 e. The van der Waals surface area contributed by atoms with E-state index in [1.54, 1.807) is 7.05 Å². The molecule has 0 amide bonds. The van der Waals surface area contributed by atoms with Crippen LogP contribution in [0.2, 0.25) is 0 Å². The lowest BCUT2D eigenvalue weighted by Crippen LogP contribution is -2.45. The number of ether oxygens (including phenoxy) is 2. The van der Waals surface area contributed by atoms with E-state index >= 15 is 0 Å². The number of morpholine rings is 1. The molecule has 1 atom stereocenters. The van der Waals surface area contributed by atoms with Crippen molar-refractivity contribution < 1.29 is 9.47 Å². The van der Waals surface area contributed by atoms with Gasteiger partial charge in [0.25, 0.3) is 0 Å². The minimum atomic E-state index is -0.0924. The summed E-state index contributed by atoms with van der Waals surface area (Å²) >= 11 is 0. The number of aliphatic imine (C=N–C) groups is 1. The van der Waals surface area contributed by atoms with Crippen LogP contribution in [0.4, 0.5) is 5.82 Å². The highest BCUT2D eigenvalue weighted by Gasteiger charge is 2.29. The molecule has 2 saturated heterocycles. The van der Waals surface area contributed by atoms with E-state index in [1.807, 2.05) is 12.3 Å². The van der Waals surface area contributed by atoms with Gasteiger partial charge in [-0.15, -0.1) is 24.0 Å². The maximum Gasteiger partial charge on any atom is 0.191 e. The van der Waals surface area contributed by atoms with Crippen LogP contribution in [0.5, 0.6) is 0 Å². The summed E-state index contributed by atoms with van der Waals surface area (Å²) in [6.45, 7) is 7.71. The van der Waals surface area contributed by atoms with Crippen LogP contribution in [0.1, 0.15) is 25.3 Å². The monoisotopic (exact) mass is 475 g/mol. The van der Waals surface area contributed by atoms with Crippen LogP contribution in [-0.4, -0.2) is 63.0 Å². The lowest BCUT2D eigenvalue weighted by atomic mass is 10.0. The number of nitrogens with zero attached hydrogens (tertiary/aromatic N) is 3. The van der Waals surface area contributed by atoms with Crippen LogP contribution in [0, 0.1) is 0 Å². The molecule has 0 saturated carbocycles. The zero-order valence-corrected chi connectivity index (χ0v) is 18.0. The number of pyridine rings is 1. The van der Waals surface area contributed by atoms with E-state index in [9.17, 15) is 0 Å². The number of guanidine groups is 1. The maximum absolute atomic E-state index is 5.82. The summed E-state index contributed by atoms with van der Waals surface area (Å²) in [5.74, 6) is 1.81. The van der Waals surface area contributed by atoms with Crippen molar-refractivity contribution in [1.82, 2.24) is 15.6 Å². The fourth-order valence-electron chi connectivity index (χ4n) is 3.27. The van der Waals surface area contributed by atoms with Gasteiger partial charge < -0.3 is 25.0 Å². The molecule has 0 bridgehead atoms. The van der Waals surface area contributed by atoms with Crippen molar-refractivity contribution in [2.45, 2.75) is 31.9 Å². The minimum absolute atomic E-state index is 0. The van der Waals surface area contributed by atoms with Crippen LogP contribution in [-0.2, 0) is 16.0 Å². The van der Waals surface area contributed by atoms with Gasteiger partial charge in [0.1, 0.15) is 5.82 Å². The second-order valence-electron chi connectivity index (χ2n) is 6.77. The van der Waals surface area contributed by atoms with Gasteiger partial charge in [0, 0.05) is 51.6 Å². The van der Waals surface area contributed by atoms with E-state index in [0.717, 1.165) is 69.6 Å². The Bertz CT molecular complexity index is 587. The highest BCUT2D eigenvalue weighted by molar-refractivity contribution is 14.0. The lowest BCUT2D eigenvalue weighted by Gasteiger charge is -2.29. The van der Waals surface area contributed by atoms with Crippen molar-refractivity contribution in [3.8, 4) is 0 Å². The van der Waals surface area contributed by atoms with Crippen molar-refractivity contribution in [3.05, 3.63) is 23.9 Å². The summed E-state index contributed by atoms with van der Waals surface area (Å²) in [7, 11) is 1.79. The van der Waals surface area contributed by atoms with Crippen LogP contribution >= 0.6 is 24.0 Å². The molecule has 8 heteroatoms. The maximum atomic E-state index is 5.82. The zero-order valence-electron chi connectivity index (χ0n) is 15.7. The van der Waals surface area contributed by atoms with Gasteiger partial charge in [-0.1, -0.05) is 6.07 Å². The predicted molar refractivity (Wildman–Crippen MR) is 114 cm³/mol. The van der Waals surface area contributed by atoms with Gasteiger partial charge in [-0.3, -0.25) is 4.99 Å². The van der Waals surface area contributed by atoms with Crippen molar-refractivity contribution >= 4 is 35.8 Å². The molecular weight excluding hydrogens is 445 g/mol. The number of aromatic nitrogens is 1. The van der Waals surface area contributed by atoms with Gasteiger partial charge in [-0.25, -0.2) is 4.98 Å². The van der Waals surface area contributed by atoms with Gasteiger partial charge in [-0.05, 0) is 25.8 Å². The second kappa shape index (κ2) is 10.3. The molecule has 1 unspecified atom stereocenters. The molecule has 2 aliphatic heterocycles. The fourth-order valence-corrected chi connectivity index (χ4v) is 3.27. The number of rotatable bonds is 5. The number of halogens is 1. The average Bonchev–Trinajstić information content (AvgIpc) is 3.10. The van der Waals surface area contributed by atoms with Crippen molar-refractivity contribution in [2.24, 2.45) is 4.99 Å². The molecule has 2 fully saturated rings. The summed E-state index contributed by atoms with van der Waals surface area (Å²) in [5, 5.41) is 6.77. The summed E-state index contributed by atoms with van der Waals surface area (Å²) in [6.07, 6.45) is 4.06. The van der Waals surface area contributed by atoms with E-state index in [0.29, 0.717) is 6.54 Å². The first kappa shape index (κ1) is 21.2. The minimum Gasteiger partial charge on any atom is -0.378 e. The number of hydrogen-bond acceptors (Lipinski definition) is 5. The molecule has 2 N–H and O–H groups in total. The molecule has 0 aliphatic carbocycles. The summed E-state index contributed by atoms with van der Waals surface area (Å²) < 4.78 is 11.3. The third kappa shape index (κ3) is 5.68. The van der Waals surface area contributed by atoms with Crippen molar-refractivity contribution in [3.63, 3.8) is 0 Å². The van der Waals surface area contributed by atoms with E-state index < -0.39 is 0 Å². The third-order valence-corrected chi connectivity index (χ3v) is 4.78. The zero-order chi connectivity index (χ0) is 17.5. The standard InChI is InChI=1S/C18H29N5O2.HI/c1-18(6-4-10-25-18)14-22-17(19-2)21-13-15-5-3-7-20-16(15)23-8-11-24-12-9-23;/h3,5,7H,4,6,8-14H2,1-2H3,(H2,19,21,22);1H. The van der Waals surface area contributed by atoms with Gasteiger partial charge in [0.05, 0.1) is 18.8 Å². The molecule has 1 aromatic rings. The van der Waals surface area contributed by atoms with Gasteiger partial charge in [0.15, 0.2) is 5.96 Å². The lowest BCUT2D eigenvalue weighted by molar-refractivity contribution is 0.0243. The highest BCUT2D eigenvalue weighted by Crippen LogP contribution is 2.23. The van der Waals surface area contributed by atoms with Crippen LogP contribution in [0.3, 0.4) is 0 Å². The normalized spacial score (nSPS) is 23.5. The highest BCUT2D eigenvalue weighted by atomic mass is 127. The van der Waals surface area contributed by atoms with E-state index in [-0.39, 0.29) is 29.6 Å². The molecule has 0 radical (unpaired) electrons.